The van der Waals surface area contributed by atoms with Gasteiger partial charge in [0.15, 0.2) is 0 Å². The third-order valence-electron chi connectivity index (χ3n) is 2.89. The number of rotatable bonds is 3. The van der Waals surface area contributed by atoms with E-state index >= 15 is 0 Å². The zero-order valence-corrected chi connectivity index (χ0v) is 11.1. The molecule has 0 spiro atoms. The van der Waals surface area contributed by atoms with Gasteiger partial charge in [0.05, 0.1) is 4.90 Å². The van der Waals surface area contributed by atoms with Crippen molar-refractivity contribution in [2.75, 3.05) is 13.1 Å². The van der Waals surface area contributed by atoms with Gasteiger partial charge in [-0.2, -0.15) is 0 Å². The molecule has 1 atom stereocenters. The maximum Gasteiger partial charge on any atom is 0.241 e. The fraction of sp³-hybridized carbons (Fsp3) is 0.455. The van der Waals surface area contributed by atoms with E-state index in [9.17, 15) is 8.42 Å². The highest BCUT2D eigenvalue weighted by atomic mass is 35.5. The maximum absolute atomic E-state index is 12.2. The molecule has 1 fully saturated rings. The van der Waals surface area contributed by atoms with Gasteiger partial charge in [-0.3, -0.25) is 0 Å². The number of halogens is 1. The van der Waals surface area contributed by atoms with Crippen molar-refractivity contribution in [1.29, 1.82) is 0 Å². The van der Waals surface area contributed by atoms with Crippen molar-refractivity contribution in [2.24, 2.45) is 0 Å². The van der Waals surface area contributed by atoms with Crippen LogP contribution in [0.2, 0.25) is 5.02 Å². The lowest BCUT2D eigenvalue weighted by Crippen LogP contribution is -2.36. The molecule has 6 heteroatoms. The van der Waals surface area contributed by atoms with Crippen LogP contribution in [0.15, 0.2) is 23.1 Å². The molecule has 0 aliphatic carbocycles. The van der Waals surface area contributed by atoms with Gasteiger partial charge in [0.2, 0.25) is 10.0 Å². The Morgan fingerprint density at radius 3 is 2.88 bits per heavy atom. The number of sulfonamides is 1. The first-order valence-electron chi connectivity index (χ1n) is 5.49. The molecule has 1 aliphatic rings. The fourth-order valence-electron chi connectivity index (χ4n) is 1.92. The van der Waals surface area contributed by atoms with Crippen molar-refractivity contribution < 1.29 is 8.42 Å². The predicted octanol–water partition coefficient (Wildman–Crippen LogP) is 1.29. The van der Waals surface area contributed by atoms with Crippen LogP contribution in [-0.4, -0.2) is 27.5 Å². The number of nitrogens with one attached hydrogen (secondary N) is 2. The smallest absolute Gasteiger partial charge is 0.241 e. The number of hydrogen-bond donors (Lipinski definition) is 2. The summed E-state index contributed by atoms with van der Waals surface area (Å²) in [6, 6.07) is 4.88. The Morgan fingerprint density at radius 2 is 2.24 bits per heavy atom. The molecular formula is C11H15ClN2O2S. The topological polar surface area (TPSA) is 58.2 Å². The van der Waals surface area contributed by atoms with E-state index in [0.717, 1.165) is 13.0 Å². The first kappa shape index (κ1) is 12.8. The lowest BCUT2D eigenvalue weighted by Gasteiger charge is -2.14. The van der Waals surface area contributed by atoms with Crippen molar-refractivity contribution in [3.05, 3.63) is 28.8 Å². The largest absolute Gasteiger partial charge is 0.315 e. The molecule has 1 saturated heterocycles. The Hall–Kier alpha value is -0.620. The van der Waals surface area contributed by atoms with Gasteiger partial charge in [-0.1, -0.05) is 17.7 Å². The van der Waals surface area contributed by atoms with Gasteiger partial charge in [-0.15, -0.1) is 0 Å². The highest BCUT2D eigenvalue weighted by Crippen LogP contribution is 2.23. The normalized spacial score (nSPS) is 20.7. The second-order valence-electron chi connectivity index (χ2n) is 4.17. The molecule has 0 saturated carbocycles. The van der Waals surface area contributed by atoms with E-state index in [2.05, 4.69) is 10.0 Å². The van der Waals surface area contributed by atoms with E-state index in [-0.39, 0.29) is 10.9 Å². The predicted molar refractivity (Wildman–Crippen MR) is 67.8 cm³/mol. The van der Waals surface area contributed by atoms with Crippen LogP contribution in [0, 0.1) is 6.92 Å². The summed E-state index contributed by atoms with van der Waals surface area (Å²) in [6.07, 6.45) is 0.818. The molecule has 1 heterocycles. The first-order chi connectivity index (χ1) is 8.00. The van der Waals surface area contributed by atoms with E-state index in [1.165, 1.54) is 0 Å². The molecule has 1 aromatic carbocycles. The van der Waals surface area contributed by atoms with E-state index in [1.807, 2.05) is 0 Å². The molecule has 1 aromatic rings. The van der Waals surface area contributed by atoms with Gasteiger partial charge < -0.3 is 5.32 Å². The molecular weight excluding hydrogens is 260 g/mol. The van der Waals surface area contributed by atoms with Crippen LogP contribution in [-0.2, 0) is 10.0 Å². The Bertz CT molecular complexity index is 510. The number of benzene rings is 1. The average Bonchev–Trinajstić information content (AvgIpc) is 2.73. The minimum absolute atomic E-state index is 0.0293. The highest BCUT2D eigenvalue weighted by molar-refractivity contribution is 7.89. The second-order valence-corrected chi connectivity index (χ2v) is 6.26. The summed E-state index contributed by atoms with van der Waals surface area (Å²) in [6.45, 7) is 3.24. The fourth-order valence-corrected chi connectivity index (χ4v) is 3.69. The van der Waals surface area contributed by atoms with E-state index in [0.29, 0.717) is 17.1 Å². The van der Waals surface area contributed by atoms with Crippen LogP contribution < -0.4 is 10.0 Å². The third-order valence-corrected chi connectivity index (χ3v) is 4.96. The lowest BCUT2D eigenvalue weighted by molar-refractivity contribution is 0.559. The molecule has 0 radical (unpaired) electrons. The lowest BCUT2D eigenvalue weighted by atomic mass is 10.2. The summed E-state index contributed by atoms with van der Waals surface area (Å²) in [5, 5.41) is 3.59. The number of hydrogen-bond acceptors (Lipinski definition) is 3. The summed E-state index contributed by atoms with van der Waals surface area (Å²) in [5.74, 6) is 0. The SMILES string of the molecule is Cc1c(Cl)cccc1S(=O)(=O)N[C@@H]1CCNC1. The van der Waals surface area contributed by atoms with Gasteiger partial charge in [-0.05, 0) is 37.6 Å². The first-order valence-corrected chi connectivity index (χ1v) is 7.35. The Kier molecular flexibility index (Phi) is 3.73. The zero-order chi connectivity index (χ0) is 12.5. The second kappa shape index (κ2) is 4.94. The van der Waals surface area contributed by atoms with Crippen molar-refractivity contribution in [3.8, 4) is 0 Å². The molecule has 94 valence electrons. The molecule has 0 aromatic heterocycles. The van der Waals surface area contributed by atoms with Gasteiger partial charge >= 0.3 is 0 Å². The minimum Gasteiger partial charge on any atom is -0.315 e. The van der Waals surface area contributed by atoms with Crippen molar-refractivity contribution in [3.63, 3.8) is 0 Å². The Balaban J connectivity index is 2.28. The van der Waals surface area contributed by atoms with Crippen molar-refractivity contribution in [2.45, 2.75) is 24.3 Å². The van der Waals surface area contributed by atoms with E-state index in [4.69, 9.17) is 11.6 Å². The quantitative estimate of drug-likeness (QED) is 0.873. The summed E-state index contributed by atoms with van der Waals surface area (Å²) in [7, 11) is -3.47. The third kappa shape index (κ3) is 2.80. The average molecular weight is 275 g/mol. The summed E-state index contributed by atoms with van der Waals surface area (Å²) in [4.78, 5) is 0.261. The van der Waals surface area contributed by atoms with Gasteiger partial charge in [0.25, 0.3) is 0 Å². The molecule has 2 rings (SSSR count). The summed E-state index contributed by atoms with van der Waals surface area (Å²) < 4.78 is 27.0. The zero-order valence-electron chi connectivity index (χ0n) is 9.53. The van der Waals surface area contributed by atoms with E-state index < -0.39 is 10.0 Å². The van der Waals surface area contributed by atoms with Gasteiger partial charge in [-0.25, -0.2) is 13.1 Å². The molecule has 2 N–H and O–H groups in total. The van der Waals surface area contributed by atoms with Crippen LogP contribution in [0.4, 0.5) is 0 Å². The highest BCUT2D eigenvalue weighted by Gasteiger charge is 2.24. The summed E-state index contributed by atoms with van der Waals surface area (Å²) in [5.41, 5.74) is 0.590. The van der Waals surface area contributed by atoms with Crippen LogP contribution in [0.5, 0.6) is 0 Å². The molecule has 0 unspecified atom stereocenters. The molecule has 4 nitrogen and oxygen atoms in total. The van der Waals surface area contributed by atoms with Crippen LogP contribution in [0.25, 0.3) is 0 Å². The molecule has 0 bridgehead atoms. The monoisotopic (exact) mass is 274 g/mol. The van der Waals surface area contributed by atoms with Crippen LogP contribution in [0.3, 0.4) is 0 Å². The molecule has 1 aliphatic heterocycles. The van der Waals surface area contributed by atoms with Crippen molar-refractivity contribution in [1.82, 2.24) is 10.0 Å². The minimum atomic E-state index is -3.47. The van der Waals surface area contributed by atoms with Gasteiger partial charge in [0.1, 0.15) is 0 Å². The Morgan fingerprint density at radius 1 is 1.47 bits per heavy atom. The van der Waals surface area contributed by atoms with E-state index in [1.54, 1.807) is 25.1 Å². The van der Waals surface area contributed by atoms with Crippen LogP contribution in [0.1, 0.15) is 12.0 Å². The van der Waals surface area contributed by atoms with Crippen LogP contribution >= 0.6 is 11.6 Å². The summed E-state index contributed by atoms with van der Waals surface area (Å²) >= 11 is 5.93. The molecule has 0 amide bonds. The maximum atomic E-state index is 12.2. The van der Waals surface area contributed by atoms with Crippen molar-refractivity contribution >= 4 is 21.6 Å². The Labute approximate surface area is 106 Å². The molecule has 17 heavy (non-hydrogen) atoms. The standard InChI is InChI=1S/C11H15ClN2O2S/c1-8-10(12)3-2-4-11(8)17(15,16)14-9-5-6-13-7-9/h2-4,9,13-14H,5-7H2,1H3/t9-/m1/s1. The van der Waals surface area contributed by atoms with Gasteiger partial charge in [0, 0.05) is 17.6 Å².